The van der Waals surface area contributed by atoms with Crippen molar-refractivity contribution in [1.29, 1.82) is 0 Å². The van der Waals surface area contributed by atoms with E-state index in [9.17, 15) is 0 Å². The summed E-state index contributed by atoms with van der Waals surface area (Å²) in [5, 5.41) is 11.0. The predicted octanol–water partition coefficient (Wildman–Crippen LogP) is 1.79. The molecule has 1 aromatic rings. The summed E-state index contributed by atoms with van der Waals surface area (Å²) in [6.45, 7) is 5.70. The third-order valence-electron chi connectivity index (χ3n) is 4.03. The van der Waals surface area contributed by atoms with Crippen LogP contribution in [0.2, 0.25) is 0 Å². The Morgan fingerprint density at radius 2 is 2.17 bits per heavy atom. The molecule has 6 nitrogen and oxygen atoms in total. The first kappa shape index (κ1) is 20.2. The van der Waals surface area contributed by atoms with Crippen LogP contribution in [0.5, 0.6) is 0 Å². The van der Waals surface area contributed by atoms with E-state index in [2.05, 4.69) is 41.7 Å². The van der Waals surface area contributed by atoms with E-state index in [-0.39, 0.29) is 24.0 Å². The molecule has 0 spiro atoms. The average Bonchev–Trinajstić information content (AvgIpc) is 3.18. The summed E-state index contributed by atoms with van der Waals surface area (Å²) in [6, 6.07) is 2.53. The maximum atomic E-state index is 4.76. The maximum absolute atomic E-state index is 4.76. The number of nitrogens with zero attached hydrogens (tertiary/aromatic N) is 4. The van der Waals surface area contributed by atoms with Crippen molar-refractivity contribution in [2.24, 2.45) is 10.9 Å². The van der Waals surface area contributed by atoms with Crippen molar-refractivity contribution in [3.63, 3.8) is 0 Å². The second-order valence-corrected chi connectivity index (χ2v) is 6.14. The SMILES string of the molecule is CCNC(=NCC(C1CC1)N(C)C)NCCCn1cccn1.I. The zero-order chi connectivity index (χ0) is 15.8. The summed E-state index contributed by atoms with van der Waals surface area (Å²) in [4.78, 5) is 7.07. The Morgan fingerprint density at radius 3 is 2.74 bits per heavy atom. The monoisotopic (exact) mass is 434 g/mol. The number of hydrogen-bond donors (Lipinski definition) is 2. The molecule has 0 amide bonds. The van der Waals surface area contributed by atoms with Gasteiger partial charge in [-0.1, -0.05) is 0 Å². The van der Waals surface area contributed by atoms with Gasteiger partial charge in [-0.05, 0) is 52.3 Å². The molecule has 1 atom stereocenters. The number of guanidine groups is 1. The lowest BCUT2D eigenvalue weighted by atomic mass is 10.2. The minimum absolute atomic E-state index is 0. The van der Waals surface area contributed by atoms with Crippen molar-refractivity contribution < 1.29 is 0 Å². The van der Waals surface area contributed by atoms with Crippen LogP contribution in [-0.2, 0) is 6.54 Å². The van der Waals surface area contributed by atoms with Gasteiger partial charge in [0.15, 0.2) is 5.96 Å². The Morgan fingerprint density at radius 1 is 1.39 bits per heavy atom. The summed E-state index contributed by atoms with van der Waals surface area (Å²) >= 11 is 0. The molecule has 2 rings (SSSR count). The van der Waals surface area contributed by atoms with Gasteiger partial charge in [0.05, 0.1) is 6.54 Å². The molecule has 0 aliphatic heterocycles. The first-order valence-electron chi connectivity index (χ1n) is 8.36. The molecule has 7 heteroatoms. The lowest BCUT2D eigenvalue weighted by Crippen LogP contribution is -2.40. The van der Waals surface area contributed by atoms with E-state index < -0.39 is 0 Å². The second-order valence-electron chi connectivity index (χ2n) is 6.14. The topological polar surface area (TPSA) is 57.5 Å². The second kappa shape index (κ2) is 10.9. The molecule has 0 bridgehead atoms. The van der Waals surface area contributed by atoms with E-state index in [1.807, 2.05) is 23.1 Å². The fourth-order valence-corrected chi connectivity index (χ4v) is 2.62. The van der Waals surface area contributed by atoms with Gasteiger partial charge in [0.2, 0.25) is 0 Å². The van der Waals surface area contributed by atoms with E-state index in [1.165, 1.54) is 12.8 Å². The molecular weight excluding hydrogens is 403 g/mol. The third kappa shape index (κ3) is 7.52. The van der Waals surface area contributed by atoms with E-state index in [0.29, 0.717) is 6.04 Å². The van der Waals surface area contributed by atoms with Crippen molar-refractivity contribution in [3.05, 3.63) is 18.5 Å². The summed E-state index contributed by atoms with van der Waals surface area (Å²) in [6.07, 6.45) is 7.55. The molecule has 0 aromatic carbocycles. The summed E-state index contributed by atoms with van der Waals surface area (Å²) in [5.41, 5.74) is 0. The number of aryl methyl sites for hydroxylation is 1. The molecule has 23 heavy (non-hydrogen) atoms. The van der Waals surface area contributed by atoms with Crippen molar-refractivity contribution in [2.45, 2.75) is 38.8 Å². The van der Waals surface area contributed by atoms with E-state index in [1.54, 1.807) is 0 Å². The van der Waals surface area contributed by atoms with Gasteiger partial charge in [0, 0.05) is 38.1 Å². The minimum Gasteiger partial charge on any atom is -0.357 e. The first-order valence-corrected chi connectivity index (χ1v) is 8.36. The summed E-state index contributed by atoms with van der Waals surface area (Å²) < 4.78 is 1.96. The zero-order valence-corrected chi connectivity index (χ0v) is 16.9. The van der Waals surface area contributed by atoms with Crippen molar-refractivity contribution in [3.8, 4) is 0 Å². The van der Waals surface area contributed by atoms with Gasteiger partial charge < -0.3 is 15.5 Å². The van der Waals surface area contributed by atoms with Gasteiger partial charge >= 0.3 is 0 Å². The smallest absolute Gasteiger partial charge is 0.191 e. The molecule has 1 aliphatic carbocycles. The lowest BCUT2D eigenvalue weighted by molar-refractivity contribution is 0.271. The fourth-order valence-electron chi connectivity index (χ4n) is 2.62. The van der Waals surface area contributed by atoms with Crippen LogP contribution < -0.4 is 10.6 Å². The molecule has 1 fully saturated rings. The van der Waals surface area contributed by atoms with Crippen molar-refractivity contribution >= 4 is 29.9 Å². The van der Waals surface area contributed by atoms with Crippen LogP contribution in [0.15, 0.2) is 23.5 Å². The van der Waals surface area contributed by atoms with Crippen LogP contribution in [0.25, 0.3) is 0 Å². The minimum atomic E-state index is 0. The Bertz CT molecular complexity index is 439. The summed E-state index contributed by atoms with van der Waals surface area (Å²) in [5.74, 6) is 1.76. The predicted molar refractivity (Wildman–Crippen MR) is 106 cm³/mol. The van der Waals surface area contributed by atoms with Crippen LogP contribution in [0, 0.1) is 5.92 Å². The maximum Gasteiger partial charge on any atom is 0.191 e. The van der Waals surface area contributed by atoms with Gasteiger partial charge in [-0.2, -0.15) is 5.10 Å². The largest absolute Gasteiger partial charge is 0.357 e. The van der Waals surface area contributed by atoms with Crippen LogP contribution in [0.3, 0.4) is 0 Å². The highest BCUT2D eigenvalue weighted by Crippen LogP contribution is 2.34. The van der Waals surface area contributed by atoms with Gasteiger partial charge in [-0.3, -0.25) is 9.67 Å². The Labute approximate surface area is 157 Å². The Kier molecular flexibility index (Phi) is 9.54. The molecule has 1 aromatic heterocycles. The number of likely N-dealkylation sites (N-methyl/N-ethyl adjacent to an activating group) is 1. The molecular formula is C16H31IN6. The molecule has 1 aliphatic rings. The number of aliphatic imine (C=N–C) groups is 1. The fraction of sp³-hybridized carbons (Fsp3) is 0.750. The Hall–Kier alpha value is -0.830. The number of hydrogen-bond acceptors (Lipinski definition) is 3. The quantitative estimate of drug-likeness (QED) is 0.269. The van der Waals surface area contributed by atoms with Crippen LogP contribution in [0.4, 0.5) is 0 Å². The highest BCUT2D eigenvalue weighted by atomic mass is 127. The van der Waals surface area contributed by atoms with E-state index in [4.69, 9.17) is 4.99 Å². The molecule has 2 N–H and O–H groups in total. The highest BCUT2D eigenvalue weighted by Gasteiger charge is 2.32. The normalized spacial score (nSPS) is 16.1. The number of nitrogens with one attached hydrogen (secondary N) is 2. The van der Waals surface area contributed by atoms with Crippen molar-refractivity contribution in [1.82, 2.24) is 25.3 Å². The molecule has 1 saturated carbocycles. The zero-order valence-electron chi connectivity index (χ0n) is 14.5. The molecule has 132 valence electrons. The lowest BCUT2D eigenvalue weighted by Gasteiger charge is -2.23. The molecule has 1 unspecified atom stereocenters. The van der Waals surface area contributed by atoms with Gasteiger partial charge in [0.25, 0.3) is 0 Å². The van der Waals surface area contributed by atoms with E-state index >= 15 is 0 Å². The van der Waals surface area contributed by atoms with Crippen LogP contribution in [0.1, 0.15) is 26.2 Å². The number of rotatable bonds is 9. The highest BCUT2D eigenvalue weighted by molar-refractivity contribution is 14.0. The van der Waals surface area contributed by atoms with Gasteiger partial charge in [-0.25, -0.2) is 0 Å². The van der Waals surface area contributed by atoms with Crippen LogP contribution in [-0.4, -0.2) is 60.4 Å². The average molecular weight is 434 g/mol. The number of aromatic nitrogens is 2. The van der Waals surface area contributed by atoms with Gasteiger partial charge in [0.1, 0.15) is 0 Å². The summed E-state index contributed by atoms with van der Waals surface area (Å²) in [7, 11) is 4.31. The standard InChI is InChI=1S/C16H30N6.HI/c1-4-17-16(18-9-5-11-22-12-6-10-20-22)19-13-15(21(2)3)14-7-8-14;/h6,10,12,14-15H,4-5,7-9,11,13H2,1-3H3,(H2,17,18,19);1H. The van der Waals surface area contributed by atoms with E-state index in [0.717, 1.165) is 44.5 Å². The molecule has 1 heterocycles. The van der Waals surface area contributed by atoms with Crippen LogP contribution >= 0.6 is 24.0 Å². The molecule has 0 saturated heterocycles. The number of halogens is 1. The molecule has 0 radical (unpaired) electrons. The van der Waals surface area contributed by atoms with Gasteiger partial charge in [-0.15, -0.1) is 24.0 Å². The third-order valence-corrected chi connectivity index (χ3v) is 4.03. The van der Waals surface area contributed by atoms with Crippen molar-refractivity contribution in [2.75, 3.05) is 33.7 Å². The Balaban J connectivity index is 0.00000264. The first-order chi connectivity index (χ1) is 10.7.